The van der Waals surface area contributed by atoms with Crippen molar-refractivity contribution in [3.63, 3.8) is 0 Å². The molecule has 0 heterocycles. The van der Waals surface area contributed by atoms with Gasteiger partial charge in [0.05, 0.1) is 5.25 Å². The van der Waals surface area contributed by atoms with Gasteiger partial charge in [0, 0.05) is 5.41 Å². The van der Waals surface area contributed by atoms with Gasteiger partial charge in [-0.05, 0) is 12.8 Å². The van der Waals surface area contributed by atoms with E-state index in [1.165, 1.54) is 0 Å². The van der Waals surface area contributed by atoms with Crippen LogP contribution in [0.2, 0.25) is 0 Å². The van der Waals surface area contributed by atoms with Gasteiger partial charge >= 0.3 is 0 Å². The minimum absolute atomic E-state index is 0.181. The zero-order chi connectivity index (χ0) is 10.3. The first-order valence-electron chi connectivity index (χ1n) is 4.48. The molecule has 4 heteroatoms. The summed E-state index contributed by atoms with van der Waals surface area (Å²) >= 11 is 0. The highest BCUT2D eigenvalue weighted by Crippen LogP contribution is 2.30. The molecule has 0 spiro atoms. The van der Waals surface area contributed by atoms with Crippen LogP contribution in [0.15, 0.2) is 0 Å². The molecule has 1 aliphatic rings. The van der Waals surface area contributed by atoms with E-state index < -0.39 is 15.3 Å². The van der Waals surface area contributed by atoms with Gasteiger partial charge in [-0.3, -0.25) is 4.79 Å². The Kier molecular flexibility index (Phi) is 2.54. The topological polar surface area (TPSA) is 51.2 Å². The van der Waals surface area contributed by atoms with Crippen molar-refractivity contribution < 1.29 is 13.2 Å². The third-order valence-electron chi connectivity index (χ3n) is 2.20. The zero-order valence-corrected chi connectivity index (χ0v) is 9.15. The van der Waals surface area contributed by atoms with Crippen molar-refractivity contribution in [2.75, 3.05) is 5.75 Å². The van der Waals surface area contributed by atoms with Gasteiger partial charge in [0.15, 0.2) is 15.6 Å². The highest BCUT2D eigenvalue weighted by Gasteiger charge is 2.38. The van der Waals surface area contributed by atoms with Crippen molar-refractivity contribution in [3.8, 4) is 0 Å². The fourth-order valence-corrected chi connectivity index (χ4v) is 2.83. The lowest BCUT2D eigenvalue weighted by Crippen LogP contribution is -2.29. The minimum Gasteiger partial charge on any atom is -0.298 e. The van der Waals surface area contributed by atoms with Gasteiger partial charge in [0.2, 0.25) is 0 Å². The molecule has 0 N–H and O–H groups in total. The predicted molar refractivity (Wildman–Crippen MR) is 51.3 cm³/mol. The molecule has 76 valence electrons. The molecule has 0 aromatic rings. The number of rotatable bonds is 3. The summed E-state index contributed by atoms with van der Waals surface area (Å²) in [6, 6.07) is 0. The van der Waals surface area contributed by atoms with Crippen LogP contribution in [0.3, 0.4) is 0 Å². The van der Waals surface area contributed by atoms with Crippen molar-refractivity contribution in [2.24, 2.45) is 5.41 Å². The van der Waals surface area contributed by atoms with E-state index >= 15 is 0 Å². The molecule has 0 amide bonds. The van der Waals surface area contributed by atoms with E-state index in [-0.39, 0.29) is 16.8 Å². The molecule has 0 bridgehead atoms. The van der Waals surface area contributed by atoms with Crippen molar-refractivity contribution in [1.82, 2.24) is 0 Å². The predicted octanol–water partition coefficient (Wildman–Crippen LogP) is 1.18. The second kappa shape index (κ2) is 3.08. The molecular formula is C9H16O3S. The summed E-state index contributed by atoms with van der Waals surface area (Å²) in [6.07, 6.45) is 1.47. The van der Waals surface area contributed by atoms with Crippen molar-refractivity contribution in [2.45, 2.75) is 38.9 Å². The fraction of sp³-hybridized carbons (Fsp3) is 0.889. The molecule has 0 unspecified atom stereocenters. The highest BCUT2D eigenvalue weighted by atomic mass is 32.2. The minimum atomic E-state index is -3.12. The maximum Gasteiger partial charge on any atom is 0.160 e. The lowest BCUT2D eigenvalue weighted by molar-refractivity contribution is -0.123. The quantitative estimate of drug-likeness (QED) is 0.693. The average molecular weight is 204 g/mol. The second-order valence-corrected chi connectivity index (χ2v) is 6.96. The maximum atomic E-state index is 11.4. The summed E-state index contributed by atoms with van der Waals surface area (Å²) in [7, 11) is -3.12. The van der Waals surface area contributed by atoms with Gasteiger partial charge in [-0.1, -0.05) is 20.8 Å². The Labute approximate surface area is 79.4 Å². The molecule has 1 saturated carbocycles. The Morgan fingerprint density at radius 3 is 2.08 bits per heavy atom. The van der Waals surface area contributed by atoms with Crippen LogP contribution in [0.1, 0.15) is 33.6 Å². The lowest BCUT2D eigenvalue weighted by Gasteiger charge is -2.16. The SMILES string of the molecule is CC(C)(C)C(=O)CS(=O)(=O)C1CC1. The Morgan fingerprint density at radius 1 is 1.31 bits per heavy atom. The van der Waals surface area contributed by atoms with Crippen LogP contribution in [-0.2, 0) is 14.6 Å². The summed E-state index contributed by atoms with van der Waals surface area (Å²) in [5, 5.41) is -0.223. The molecule has 1 aliphatic carbocycles. The summed E-state index contributed by atoms with van der Waals surface area (Å²) in [5.74, 6) is -0.458. The zero-order valence-electron chi connectivity index (χ0n) is 8.33. The standard InChI is InChI=1S/C9H16O3S/c1-9(2,3)8(10)6-13(11,12)7-4-5-7/h7H,4-6H2,1-3H3. The Balaban J connectivity index is 2.64. The molecular weight excluding hydrogens is 188 g/mol. The first kappa shape index (κ1) is 10.7. The van der Waals surface area contributed by atoms with Gasteiger partial charge in [-0.25, -0.2) is 8.42 Å². The van der Waals surface area contributed by atoms with Crippen LogP contribution < -0.4 is 0 Å². The summed E-state index contributed by atoms with van der Waals surface area (Å²) in [4.78, 5) is 11.4. The first-order chi connectivity index (χ1) is 5.73. The summed E-state index contributed by atoms with van der Waals surface area (Å²) in [5.41, 5.74) is -0.540. The van der Waals surface area contributed by atoms with E-state index in [2.05, 4.69) is 0 Å². The monoisotopic (exact) mass is 204 g/mol. The van der Waals surface area contributed by atoms with Crippen LogP contribution >= 0.6 is 0 Å². The lowest BCUT2D eigenvalue weighted by atomic mass is 9.92. The normalized spacial score (nSPS) is 18.7. The maximum absolute atomic E-state index is 11.4. The molecule has 0 aromatic heterocycles. The van der Waals surface area contributed by atoms with Gasteiger partial charge < -0.3 is 0 Å². The number of carbonyl (C=O) groups excluding carboxylic acids is 1. The highest BCUT2D eigenvalue weighted by molar-refractivity contribution is 7.93. The molecule has 0 radical (unpaired) electrons. The van der Waals surface area contributed by atoms with Crippen LogP contribution in [0, 0.1) is 5.41 Å². The molecule has 1 rings (SSSR count). The third-order valence-corrected chi connectivity index (χ3v) is 4.35. The van der Waals surface area contributed by atoms with Gasteiger partial charge in [-0.15, -0.1) is 0 Å². The van der Waals surface area contributed by atoms with Crippen LogP contribution in [-0.4, -0.2) is 25.2 Å². The summed E-state index contributed by atoms with van der Waals surface area (Å²) < 4.78 is 22.9. The molecule has 0 aliphatic heterocycles. The Morgan fingerprint density at radius 2 is 1.77 bits per heavy atom. The molecule has 3 nitrogen and oxygen atoms in total. The molecule has 0 saturated heterocycles. The number of Topliss-reactive ketones (excluding diaryl/α,β-unsaturated/α-hetero) is 1. The number of ketones is 1. The number of hydrogen-bond donors (Lipinski definition) is 0. The van der Waals surface area contributed by atoms with Crippen LogP contribution in [0.25, 0.3) is 0 Å². The van der Waals surface area contributed by atoms with Gasteiger partial charge in [0.1, 0.15) is 5.75 Å². The molecule has 0 aromatic carbocycles. The van der Waals surface area contributed by atoms with E-state index in [1.807, 2.05) is 0 Å². The number of carbonyl (C=O) groups is 1. The fourth-order valence-electron chi connectivity index (χ4n) is 0.944. The summed E-state index contributed by atoms with van der Waals surface area (Å²) in [6.45, 7) is 5.24. The van der Waals surface area contributed by atoms with E-state index in [0.29, 0.717) is 0 Å². The Bertz CT molecular complexity index is 304. The second-order valence-electron chi connectivity index (χ2n) is 4.68. The Hall–Kier alpha value is -0.380. The van der Waals surface area contributed by atoms with E-state index in [4.69, 9.17) is 0 Å². The first-order valence-corrected chi connectivity index (χ1v) is 6.20. The van der Waals surface area contributed by atoms with Crippen molar-refractivity contribution in [3.05, 3.63) is 0 Å². The molecule has 0 atom stereocenters. The molecule has 1 fully saturated rings. The van der Waals surface area contributed by atoms with E-state index in [0.717, 1.165) is 12.8 Å². The largest absolute Gasteiger partial charge is 0.298 e. The van der Waals surface area contributed by atoms with Crippen LogP contribution in [0.4, 0.5) is 0 Å². The smallest absolute Gasteiger partial charge is 0.160 e. The van der Waals surface area contributed by atoms with E-state index in [9.17, 15) is 13.2 Å². The van der Waals surface area contributed by atoms with Crippen LogP contribution in [0.5, 0.6) is 0 Å². The van der Waals surface area contributed by atoms with Crippen molar-refractivity contribution in [1.29, 1.82) is 0 Å². The van der Waals surface area contributed by atoms with Crippen molar-refractivity contribution >= 4 is 15.6 Å². The van der Waals surface area contributed by atoms with Gasteiger partial charge in [-0.2, -0.15) is 0 Å². The number of hydrogen-bond acceptors (Lipinski definition) is 3. The molecule has 13 heavy (non-hydrogen) atoms. The average Bonchev–Trinajstić information content (AvgIpc) is 2.62. The third kappa shape index (κ3) is 2.79. The number of sulfone groups is 1. The van der Waals surface area contributed by atoms with E-state index in [1.54, 1.807) is 20.8 Å². The van der Waals surface area contributed by atoms with Gasteiger partial charge in [0.25, 0.3) is 0 Å².